The summed E-state index contributed by atoms with van der Waals surface area (Å²) in [7, 11) is 2.25. The molecule has 0 spiro atoms. The zero-order chi connectivity index (χ0) is 13.2. The second kappa shape index (κ2) is 5.72. The molecule has 0 bridgehead atoms. The number of nitrogens with two attached hydrogens (primary N) is 1. The van der Waals surface area contributed by atoms with Gasteiger partial charge in [0.2, 0.25) is 0 Å². The monoisotopic (exact) mass is 266 g/mol. The van der Waals surface area contributed by atoms with Gasteiger partial charge in [-0.15, -0.1) is 11.3 Å². The smallest absolute Gasteiger partial charge is 0.0358 e. The Morgan fingerprint density at radius 1 is 1.50 bits per heavy atom. The molecular weight excluding hydrogens is 240 g/mol. The van der Waals surface area contributed by atoms with Crippen LogP contribution in [0.3, 0.4) is 0 Å². The first-order chi connectivity index (χ1) is 8.58. The van der Waals surface area contributed by atoms with Crippen LogP contribution >= 0.6 is 11.3 Å². The molecule has 1 aliphatic carbocycles. The predicted octanol–water partition coefficient (Wildman–Crippen LogP) is 3.33. The lowest BCUT2D eigenvalue weighted by Gasteiger charge is -2.50. The van der Waals surface area contributed by atoms with Crippen LogP contribution in [0, 0.1) is 11.8 Å². The number of hydrogen-bond donors (Lipinski definition) is 1. The van der Waals surface area contributed by atoms with Gasteiger partial charge in [0.05, 0.1) is 0 Å². The molecule has 1 aromatic heterocycles. The lowest BCUT2D eigenvalue weighted by molar-refractivity contribution is 0.0135. The zero-order valence-corrected chi connectivity index (χ0v) is 12.7. The minimum absolute atomic E-state index is 0.205. The first-order valence-corrected chi connectivity index (χ1v) is 7.90. The summed E-state index contributed by atoms with van der Waals surface area (Å²) < 4.78 is 0. The molecule has 18 heavy (non-hydrogen) atoms. The highest BCUT2D eigenvalue weighted by Gasteiger charge is 2.42. The third kappa shape index (κ3) is 2.63. The largest absolute Gasteiger partial charge is 0.329 e. The van der Waals surface area contributed by atoms with Crippen molar-refractivity contribution in [2.75, 3.05) is 13.6 Å². The van der Waals surface area contributed by atoms with Crippen molar-refractivity contribution in [3.05, 3.63) is 22.4 Å². The molecule has 2 N–H and O–H groups in total. The molecule has 0 amide bonds. The van der Waals surface area contributed by atoms with Crippen LogP contribution in [0.1, 0.15) is 38.0 Å². The normalized spacial score (nSPS) is 32.9. The fraction of sp³-hybridized carbons (Fsp3) is 0.733. The topological polar surface area (TPSA) is 29.3 Å². The molecule has 1 heterocycles. The Morgan fingerprint density at radius 2 is 2.28 bits per heavy atom. The highest BCUT2D eigenvalue weighted by atomic mass is 32.1. The maximum Gasteiger partial charge on any atom is 0.0358 e. The SMILES string of the molecule is CC1CCC(CN)(N(C)Cc2cccs2)C(C)C1. The van der Waals surface area contributed by atoms with E-state index in [2.05, 4.69) is 43.3 Å². The quantitative estimate of drug-likeness (QED) is 0.905. The maximum atomic E-state index is 6.17. The number of likely N-dealkylation sites (N-methyl/N-ethyl adjacent to an activating group) is 1. The Hall–Kier alpha value is -0.380. The van der Waals surface area contributed by atoms with Crippen LogP contribution < -0.4 is 5.73 Å². The molecule has 1 aliphatic rings. The van der Waals surface area contributed by atoms with Crippen LogP contribution in [-0.2, 0) is 6.54 Å². The van der Waals surface area contributed by atoms with Crippen LogP contribution in [0.2, 0.25) is 0 Å². The van der Waals surface area contributed by atoms with Gasteiger partial charge < -0.3 is 5.73 Å². The Kier molecular flexibility index (Phi) is 4.46. The average Bonchev–Trinajstić information content (AvgIpc) is 2.82. The van der Waals surface area contributed by atoms with Crippen LogP contribution in [0.5, 0.6) is 0 Å². The van der Waals surface area contributed by atoms with Crippen molar-refractivity contribution in [3.63, 3.8) is 0 Å². The van der Waals surface area contributed by atoms with Crippen molar-refractivity contribution >= 4 is 11.3 Å². The van der Waals surface area contributed by atoms with Crippen LogP contribution in [0.25, 0.3) is 0 Å². The summed E-state index contributed by atoms with van der Waals surface area (Å²) in [5.74, 6) is 1.55. The molecule has 1 saturated carbocycles. The zero-order valence-electron chi connectivity index (χ0n) is 11.9. The molecule has 102 valence electrons. The van der Waals surface area contributed by atoms with Gasteiger partial charge in [0.25, 0.3) is 0 Å². The number of hydrogen-bond acceptors (Lipinski definition) is 3. The molecule has 0 aliphatic heterocycles. The Balaban J connectivity index is 2.11. The lowest BCUT2D eigenvalue weighted by Crippen LogP contribution is -2.58. The first-order valence-electron chi connectivity index (χ1n) is 7.02. The van der Waals surface area contributed by atoms with E-state index in [0.29, 0.717) is 5.92 Å². The Labute approximate surface area is 115 Å². The first kappa shape index (κ1) is 14.0. The van der Waals surface area contributed by atoms with Gasteiger partial charge in [-0.3, -0.25) is 4.90 Å². The third-order valence-electron chi connectivity index (χ3n) is 4.83. The molecule has 0 saturated heterocycles. The Morgan fingerprint density at radius 3 is 2.83 bits per heavy atom. The molecule has 0 radical (unpaired) electrons. The molecular formula is C15H26N2S. The fourth-order valence-electron chi connectivity index (χ4n) is 3.50. The molecule has 3 atom stereocenters. The third-order valence-corrected chi connectivity index (χ3v) is 5.69. The summed E-state index contributed by atoms with van der Waals surface area (Å²) in [6.07, 6.45) is 3.87. The fourth-order valence-corrected chi connectivity index (χ4v) is 4.26. The van der Waals surface area contributed by atoms with Crippen molar-refractivity contribution in [3.8, 4) is 0 Å². The summed E-state index contributed by atoms with van der Waals surface area (Å²) >= 11 is 1.84. The van der Waals surface area contributed by atoms with E-state index in [-0.39, 0.29) is 5.54 Å². The van der Waals surface area contributed by atoms with Gasteiger partial charge in [-0.25, -0.2) is 0 Å². The van der Waals surface area contributed by atoms with Crippen molar-refractivity contribution in [1.82, 2.24) is 4.90 Å². The maximum absolute atomic E-state index is 6.17. The van der Waals surface area contributed by atoms with Gasteiger partial charge in [-0.2, -0.15) is 0 Å². The van der Waals surface area contributed by atoms with E-state index in [9.17, 15) is 0 Å². The van der Waals surface area contributed by atoms with E-state index in [1.54, 1.807) is 0 Å². The summed E-state index contributed by atoms with van der Waals surface area (Å²) in [6, 6.07) is 4.36. The van der Waals surface area contributed by atoms with Crippen LogP contribution in [-0.4, -0.2) is 24.0 Å². The number of thiophene rings is 1. The van der Waals surface area contributed by atoms with Gasteiger partial charge in [-0.05, 0) is 49.6 Å². The minimum Gasteiger partial charge on any atom is -0.329 e. The Bertz CT molecular complexity index is 363. The van der Waals surface area contributed by atoms with Crippen molar-refractivity contribution < 1.29 is 0 Å². The standard InChI is InChI=1S/C15H26N2S/c1-12-6-7-15(11-16,13(2)9-12)17(3)10-14-5-4-8-18-14/h4-5,8,12-13H,6-7,9-11,16H2,1-3H3. The minimum atomic E-state index is 0.205. The molecule has 1 fully saturated rings. The molecule has 2 rings (SSSR count). The van der Waals surface area contributed by atoms with Gasteiger partial charge in [0.1, 0.15) is 0 Å². The predicted molar refractivity (Wildman–Crippen MR) is 79.8 cm³/mol. The lowest BCUT2D eigenvalue weighted by atomic mass is 9.69. The molecule has 3 heteroatoms. The second-order valence-electron chi connectivity index (χ2n) is 6.02. The highest BCUT2D eigenvalue weighted by Crippen LogP contribution is 2.40. The van der Waals surface area contributed by atoms with E-state index >= 15 is 0 Å². The number of nitrogens with zero attached hydrogens (tertiary/aromatic N) is 1. The second-order valence-corrected chi connectivity index (χ2v) is 7.06. The summed E-state index contributed by atoms with van der Waals surface area (Å²) in [5.41, 5.74) is 6.37. The van der Waals surface area contributed by atoms with E-state index in [0.717, 1.165) is 19.0 Å². The van der Waals surface area contributed by atoms with Gasteiger partial charge in [0.15, 0.2) is 0 Å². The number of rotatable bonds is 4. The van der Waals surface area contributed by atoms with Gasteiger partial charge in [0, 0.05) is 23.5 Å². The summed E-state index contributed by atoms with van der Waals surface area (Å²) in [4.78, 5) is 3.95. The van der Waals surface area contributed by atoms with E-state index < -0.39 is 0 Å². The van der Waals surface area contributed by atoms with Gasteiger partial charge in [-0.1, -0.05) is 19.9 Å². The van der Waals surface area contributed by atoms with Crippen molar-refractivity contribution in [2.24, 2.45) is 17.6 Å². The molecule has 2 nitrogen and oxygen atoms in total. The van der Waals surface area contributed by atoms with Gasteiger partial charge >= 0.3 is 0 Å². The molecule has 3 unspecified atom stereocenters. The highest BCUT2D eigenvalue weighted by molar-refractivity contribution is 7.09. The molecule has 1 aromatic rings. The van der Waals surface area contributed by atoms with E-state index in [1.165, 1.54) is 24.1 Å². The van der Waals surface area contributed by atoms with E-state index in [1.807, 2.05) is 11.3 Å². The van der Waals surface area contributed by atoms with Crippen LogP contribution in [0.4, 0.5) is 0 Å². The average molecular weight is 266 g/mol. The van der Waals surface area contributed by atoms with Crippen LogP contribution in [0.15, 0.2) is 17.5 Å². The summed E-state index contributed by atoms with van der Waals surface area (Å²) in [6.45, 7) is 6.57. The van der Waals surface area contributed by atoms with Crippen molar-refractivity contribution in [2.45, 2.75) is 45.2 Å². The molecule has 0 aromatic carbocycles. The van der Waals surface area contributed by atoms with E-state index in [4.69, 9.17) is 5.73 Å². The summed E-state index contributed by atoms with van der Waals surface area (Å²) in [5, 5.41) is 2.16. The van der Waals surface area contributed by atoms with Crippen molar-refractivity contribution in [1.29, 1.82) is 0 Å².